The number of piperidine rings is 1. The van der Waals surface area contributed by atoms with Gasteiger partial charge in [-0.05, 0) is 46.5 Å². The van der Waals surface area contributed by atoms with Crippen molar-refractivity contribution < 1.29 is 0 Å². The van der Waals surface area contributed by atoms with Crippen molar-refractivity contribution in [2.45, 2.75) is 71.4 Å². The van der Waals surface area contributed by atoms with Gasteiger partial charge in [0.2, 0.25) is 0 Å². The van der Waals surface area contributed by atoms with E-state index in [4.69, 9.17) is 0 Å². The highest BCUT2D eigenvalue weighted by atomic mass is 15.0. The largest absolute Gasteiger partial charge is 0.344 e. The van der Waals surface area contributed by atoms with Crippen molar-refractivity contribution in [1.82, 2.24) is 11.5 Å². The molecular formula is C12H28N2. The maximum atomic E-state index is 3.72. The van der Waals surface area contributed by atoms with Gasteiger partial charge in [0.1, 0.15) is 0 Å². The van der Waals surface area contributed by atoms with Gasteiger partial charge in [0.05, 0.1) is 0 Å². The van der Waals surface area contributed by atoms with Crippen LogP contribution in [-0.2, 0) is 0 Å². The summed E-state index contributed by atoms with van der Waals surface area (Å²) in [7, 11) is 0. The van der Waals surface area contributed by atoms with Crippen molar-refractivity contribution >= 4 is 0 Å². The van der Waals surface area contributed by atoms with Gasteiger partial charge in [0, 0.05) is 11.1 Å². The standard InChI is InChI=1S/C12H25N.H3N/c1-6-7-10-8-11(2,3)13-12(4,5)9-10;/h10,13H,6-9H2,1-5H3;1H3. The third-order valence-electron chi connectivity index (χ3n) is 2.97. The lowest BCUT2D eigenvalue weighted by atomic mass is 9.74. The molecule has 1 rings (SSSR count). The smallest absolute Gasteiger partial charge is 0.0132 e. The van der Waals surface area contributed by atoms with Gasteiger partial charge in [0.15, 0.2) is 0 Å². The van der Waals surface area contributed by atoms with E-state index < -0.39 is 0 Å². The number of hydrogen-bond donors (Lipinski definition) is 2. The Bertz CT molecular complexity index is 157. The lowest BCUT2D eigenvalue weighted by molar-refractivity contribution is 0.123. The van der Waals surface area contributed by atoms with Crippen LogP contribution in [0.4, 0.5) is 0 Å². The van der Waals surface area contributed by atoms with Crippen molar-refractivity contribution in [3.05, 3.63) is 0 Å². The van der Waals surface area contributed by atoms with E-state index in [0.717, 1.165) is 5.92 Å². The fraction of sp³-hybridized carbons (Fsp3) is 1.00. The fourth-order valence-electron chi connectivity index (χ4n) is 3.15. The third-order valence-corrected chi connectivity index (χ3v) is 2.97. The molecule has 1 aliphatic rings. The van der Waals surface area contributed by atoms with E-state index in [9.17, 15) is 0 Å². The molecule has 0 aromatic carbocycles. The number of hydrogen-bond acceptors (Lipinski definition) is 2. The zero-order valence-corrected chi connectivity index (χ0v) is 10.6. The molecular weight excluding hydrogens is 172 g/mol. The molecule has 0 aliphatic carbocycles. The lowest BCUT2D eigenvalue weighted by Crippen LogP contribution is -2.57. The normalized spacial score (nSPS) is 25.5. The third kappa shape index (κ3) is 3.97. The maximum absolute atomic E-state index is 3.72. The van der Waals surface area contributed by atoms with E-state index in [1.54, 1.807) is 0 Å². The van der Waals surface area contributed by atoms with Gasteiger partial charge in [-0.25, -0.2) is 0 Å². The van der Waals surface area contributed by atoms with Crippen LogP contribution in [0.15, 0.2) is 0 Å². The van der Waals surface area contributed by atoms with Crippen molar-refractivity contribution in [2.75, 3.05) is 0 Å². The Hall–Kier alpha value is -0.0800. The first-order valence-electron chi connectivity index (χ1n) is 5.64. The molecule has 0 spiro atoms. The minimum absolute atomic E-state index is 0. The Morgan fingerprint density at radius 2 is 1.50 bits per heavy atom. The average Bonchev–Trinajstić information content (AvgIpc) is 1.78. The molecule has 0 atom stereocenters. The Kier molecular flexibility index (Phi) is 4.60. The van der Waals surface area contributed by atoms with Gasteiger partial charge >= 0.3 is 0 Å². The molecule has 0 amide bonds. The molecule has 0 radical (unpaired) electrons. The van der Waals surface area contributed by atoms with Crippen LogP contribution in [-0.4, -0.2) is 11.1 Å². The van der Waals surface area contributed by atoms with Gasteiger partial charge in [-0.2, -0.15) is 0 Å². The SMILES string of the molecule is CCCC1CC(C)(C)NC(C)(C)C1.N. The average molecular weight is 200 g/mol. The summed E-state index contributed by atoms with van der Waals surface area (Å²) in [4.78, 5) is 0. The van der Waals surface area contributed by atoms with Gasteiger partial charge in [0.25, 0.3) is 0 Å². The molecule has 1 aliphatic heterocycles. The summed E-state index contributed by atoms with van der Waals surface area (Å²) in [6.45, 7) is 11.6. The quantitative estimate of drug-likeness (QED) is 0.716. The molecule has 1 heterocycles. The molecule has 14 heavy (non-hydrogen) atoms. The molecule has 1 saturated heterocycles. The second kappa shape index (κ2) is 4.63. The van der Waals surface area contributed by atoms with Crippen LogP contribution in [0, 0.1) is 5.92 Å². The van der Waals surface area contributed by atoms with E-state index in [0.29, 0.717) is 11.1 Å². The summed E-state index contributed by atoms with van der Waals surface area (Å²) in [6, 6.07) is 0. The van der Waals surface area contributed by atoms with Crippen LogP contribution in [0.2, 0.25) is 0 Å². The Morgan fingerprint density at radius 3 is 1.86 bits per heavy atom. The van der Waals surface area contributed by atoms with Crippen LogP contribution in [0.25, 0.3) is 0 Å². The minimum Gasteiger partial charge on any atom is -0.344 e. The van der Waals surface area contributed by atoms with Gasteiger partial charge in [-0.15, -0.1) is 0 Å². The molecule has 0 bridgehead atoms. The van der Waals surface area contributed by atoms with Gasteiger partial charge in [-0.3, -0.25) is 0 Å². The van der Waals surface area contributed by atoms with E-state index in [2.05, 4.69) is 39.9 Å². The highest BCUT2D eigenvalue weighted by molar-refractivity contribution is 4.96. The lowest BCUT2D eigenvalue weighted by Gasteiger charge is -2.46. The molecule has 2 nitrogen and oxygen atoms in total. The predicted molar refractivity (Wildman–Crippen MR) is 63.9 cm³/mol. The molecule has 0 aromatic heterocycles. The summed E-state index contributed by atoms with van der Waals surface area (Å²) < 4.78 is 0. The van der Waals surface area contributed by atoms with Crippen molar-refractivity contribution in [1.29, 1.82) is 0 Å². The summed E-state index contributed by atoms with van der Waals surface area (Å²) in [5, 5.41) is 3.72. The Morgan fingerprint density at radius 1 is 1.07 bits per heavy atom. The minimum atomic E-state index is 0. The topological polar surface area (TPSA) is 47.0 Å². The molecule has 0 aromatic rings. The summed E-state index contributed by atoms with van der Waals surface area (Å²) in [5.41, 5.74) is 0.670. The Balaban J connectivity index is 0.00000169. The molecule has 1 fully saturated rings. The summed E-state index contributed by atoms with van der Waals surface area (Å²) >= 11 is 0. The molecule has 4 N–H and O–H groups in total. The van der Waals surface area contributed by atoms with Crippen LogP contribution in [0.1, 0.15) is 60.3 Å². The van der Waals surface area contributed by atoms with Gasteiger partial charge in [-0.1, -0.05) is 19.8 Å². The molecule has 2 heteroatoms. The zero-order chi connectivity index (χ0) is 10.1. The first kappa shape index (κ1) is 13.9. The summed E-state index contributed by atoms with van der Waals surface area (Å²) in [6.07, 6.45) is 5.40. The van der Waals surface area contributed by atoms with E-state index in [1.165, 1.54) is 25.7 Å². The summed E-state index contributed by atoms with van der Waals surface area (Å²) in [5.74, 6) is 0.927. The molecule has 0 unspecified atom stereocenters. The van der Waals surface area contributed by atoms with Crippen molar-refractivity contribution in [2.24, 2.45) is 5.92 Å². The monoisotopic (exact) mass is 200 g/mol. The highest BCUT2D eigenvalue weighted by Gasteiger charge is 2.36. The Labute approximate surface area is 89.4 Å². The molecule has 0 saturated carbocycles. The van der Waals surface area contributed by atoms with Crippen LogP contribution >= 0.6 is 0 Å². The van der Waals surface area contributed by atoms with Crippen molar-refractivity contribution in [3.63, 3.8) is 0 Å². The van der Waals surface area contributed by atoms with Gasteiger partial charge < -0.3 is 11.5 Å². The molecule has 86 valence electrons. The van der Waals surface area contributed by atoms with E-state index in [1.807, 2.05) is 0 Å². The number of rotatable bonds is 2. The maximum Gasteiger partial charge on any atom is 0.0132 e. The highest BCUT2D eigenvalue weighted by Crippen LogP contribution is 2.34. The van der Waals surface area contributed by atoms with Crippen LogP contribution < -0.4 is 11.5 Å². The second-order valence-corrected chi connectivity index (χ2v) is 5.96. The second-order valence-electron chi connectivity index (χ2n) is 5.96. The van der Waals surface area contributed by atoms with Crippen LogP contribution in [0.3, 0.4) is 0 Å². The van der Waals surface area contributed by atoms with Crippen LogP contribution in [0.5, 0.6) is 0 Å². The first-order valence-corrected chi connectivity index (χ1v) is 5.64. The fourth-order valence-corrected chi connectivity index (χ4v) is 3.15. The van der Waals surface area contributed by atoms with E-state index >= 15 is 0 Å². The van der Waals surface area contributed by atoms with Crippen molar-refractivity contribution in [3.8, 4) is 0 Å². The predicted octanol–water partition coefficient (Wildman–Crippen LogP) is 3.51. The first-order chi connectivity index (χ1) is 5.85. The zero-order valence-electron chi connectivity index (χ0n) is 10.6. The number of nitrogens with one attached hydrogen (secondary N) is 1. The van der Waals surface area contributed by atoms with E-state index in [-0.39, 0.29) is 6.15 Å².